The molecule has 1 rings (SSSR count). The summed E-state index contributed by atoms with van der Waals surface area (Å²) < 4.78 is 1.94. The molecular formula is C14H28IN5. The third-order valence-corrected chi connectivity index (χ3v) is 3.33. The molecule has 0 saturated heterocycles. The van der Waals surface area contributed by atoms with Crippen LogP contribution >= 0.6 is 24.0 Å². The lowest BCUT2D eigenvalue weighted by Crippen LogP contribution is -2.40. The molecule has 1 aromatic rings. The second-order valence-electron chi connectivity index (χ2n) is 4.84. The van der Waals surface area contributed by atoms with Crippen LogP contribution in [0.15, 0.2) is 17.4 Å². The first-order valence-corrected chi connectivity index (χ1v) is 7.13. The van der Waals surface area contributed by atoms with Gasteiger partial charge >= 0.3 is 0 Å². The fraction of sp³-hybridized carbons (Fsp3) is 0.714. The van der Waals surface area contributed by atoms with Crippen LogP contribution in [0.3, 0.4) is 0 Å². The smallest absolute Gasteiger partial charge is 0.191 e. The minimum atomic E-state index is 0. The number of guanidine groups is 1. The molecule has 0 bridgehead atoms. The van der Waals surface area contributed by atoms with Crippen LogP contribution in [0.1, 0.15) is 32.3 Å². The molecule has 0 aliphatic carbocycles. The van der Waals surface area contributed by atoms with Gasteiger partial charge in [0.25, 0.3) is 0 Å². The van der Waals surface area contributed by atoms with Crippen LogP contribution in [0.2, 0.25) is 0 Å². The van der Waals surface area contributed by atoms with E-state index in [4.69, 9.17) is 0 Å². The number of nitrogens with one attached hydrogen (secondary N) is 2. The highest BCUT2D eigenvalue weighted by atomic mass is 127. The minimum Gasteiger partial charge on any atom is -0.356 e. The standard InChI is InChI=1S/C14H27N5.HI/c1-5-13(6-2)10-17-14(15-4)16-7-8-19-11-12(3)9-18-19;/h9,11,13H,5-8,10H2,1-4H3,(H2,15,16,17);1H. The van der Waals surface area contributed by atoms with Crippen LogP contribution in [0, 0.1) is 12.8 Å². The summed E-state index contributed by atoms with van der Waals surface area (Å²) in [6, 6.07) is 0. The molecule has 0 amide bonds. The first-order valence-electron chi connectivity index (χ1n) is 7.13. The number of nitrogens with zero attached hydrogens (tertiary/aromatic N) is 3. The van der Waals surface area contributed by atoms with Gasteiger partial charge in [-0.2, -0.15) is 5.10 Å². The molecular weight excluding hydrogens is 365 g/mol. The summed E-state index contributed by atoms with van der Waals surface area (Å²) in [6.45, 7) is 9.15. The van der Waals surface area contributed by atoms with E-state index >= 15 is 0 Å². The van der Waals surface area contributed by atoms with Gasteiger partial charge in [0.15, 0.2) is 5.96 Å². The lowest BCUT2D eigenvalue weighted by molar-refractivity contribution is 0.480. The predicted octanol–water partition coefficient (Wildman–Crippen LogP) is 2.41. The number of aliphatic imine (C=N–C) groups is 1. The lowest BCUT2D eigenvalue weighted by atomic mass is 10.0. The fourth-order valence-electron chi connectivity index (χ4n) is 1.92. The van der Waals surface area contributed by atoms with Crippen molar-refractivity contribution < 1.29 is 0 Å². The Morgan fingerprint density at radius 3 is 2.55 bits per heavy atom. The van der Waals surface area contributed by atoms with Crippen LogP contribution < -0.4 is 10.6 Å². The summed E-state index contributed by atoms with van der Waals surface area (Å²) in [7, 11) is 1.81. The number of rotatable bonds is 7. The first kappa shape index (κ1) is 19.2. The Hall–Kier alpha value is -0.790. The third kappa shape index (κ3) is 7.12. The van der Waals surface area contributed by atoms with Gasteiger partial charge in [-0.15, -0.1) is 24.0 Å². The van der Waals surface area contributed by atoms with Crippen LogP contribution in [-0.4, -0.2) is 35.9 Å². The number of aryl methyl sites for hydroxylation is 1. The molecule has 6 heteroatoms. The van der Waals surface area contributed by atoms with Crippen molar-refractivity contribution in [2.45, 2.75) is 40.2 Å². The summed E-state index contributed by atoms with van der Waals surface area (Å²) in [6.07, 6.45) is 6.32. The van der Waals surface area contributed by atoms with Crippen LogP contribution in [-0.2, 0) is 6.54 Å². The van der Waals surface area contributed by atoms with E-state index < -0.39 is 0 Å². The second kappa shape index (κ2) is 10.9. The monoisotopic (exact) mass is 393 g/mol. The Balaban J connectivity index is 0.00000361. The van der Waals surface area contributed by atoms with Crippen molar-refractivity contribution in [1.29, 1.82) is 0 Å². The van der Waals surface area contributed by atoms with Crippen molar-refractivity contribution in [2.75, 3.05) is 20.1 Å². The Morgan fingerprint density at radius 1 is 1.35 bits per heavy atom. The number of hydrogen-bond acceptors (Lipinski definition) is 2. The lowest BCUT2D eigenvalue weighted by Gasteiger charge is -2.16. The van der Waals surface area contributed by atoms with Gasteiger partial charge in [-0.05, 0) is 18.4 Å². The van der Waals surface area contributed by atoms with Crippen LogP contribution in [0.4, 0.5) is 0 Å². The summed E-state index contributed by atoms with van der Waals surface area (Å²) in [5.74, 6) is 1.59. The van der Waals surface area contributed by atoms with Crippen molar-refractivity contribution in [1.82, 2.24) is 20.4 Å². The van der Waals surface area contributed by atoms with Gasteiger partial charge < -0.3 is 10.6 Å². The molecule has 5 nitrogen and oxygen atoms in total. The molecule has 0 spiro atoms. The zero-order valence-electron chi connectivity index (χ0n) is 13.0. The predicted molar refractivity (Wildman–Crippen MR) is 95.8 cm³/mol. The van der Waals surface area contributed by atoms with Gasteiger partial charge in [-0.1, -0.05) is 26.7 Å². The molecule has 0 saturated carbocycles. The molecule has 0 radical (unpaired) electrons. The Bertz CT molecular complexity index is 385. The van der Waals surface area contributed by atoms with Gasteiger partial charge in [0, 0.05) is 26.3 Å². The summed E-state index contributed by atoms with van der Waals surface area (Å²) in [5, 5.41) is 10.9. The summed E-state index contributed by atoms with van der Waals surface area (Å²) >= 11 is 0. The van der Waals surface area contributed by atoms with Crippen molar-refractivity contribution in [2.24, 2.45) is 10.9 Å². The Kier molecular flexibility index (Phi) is 10.5. The highest BCUT2D eigenvalue weighted by Crippen LogP contribution is 2.04. The highest BCUT2D eigenvalue weighted by molar-refractivity contribution is 14.0. The highest BCUT2D eigenvalue weighted by Gasteiger charge is 2.04. The molecule has 20 heavy (non-hydrogen) atoms. The molecule has 0 fully saturated rings. The SMILES string of the molecule is CCC(CC)CNC(=NC)NCCn1cc(C)cn1.I. The zero-order valence-corrected chi connectivity index (χ0v) is 15.3. The fourth-order valence-corrected chi connectivity index (χ4v) is 1.92. The van der Waals surface area contributed by atoms with E-state index in [1.54, 1.807) is 7.05 Å². The largest absolute Gasteiger partial charge is 0.356 e. The molecule has 0 aliphatic rings. The van der Waals surface area contributed by atoms with E-state index in [0.29, 0.717) is 5.92 Å². The van der Waals surface area contributed by atoms with Gasteiger partial charge in [-0.3, -0.25) is 9.67 Å². The number of aromatic nitrogens is 2. The van der Waals surface area contributed by atoms with E-state index in [9.17, 15) is 0 Å². The molecule has 1 heterocycles. The van der Waals surface area contributed by atoms with Gasteiger partial charge in [0.1, 0.15) is 0 Å². The van der Waals surface area contributed by atoms with E-state index in [1.165, 1.54) is 18.4 Å². The van der Waals surface area contributed by atoms with Crippen LogP contribution in [0.25, 0.3) is 0 Å². The molecule has 0 unspecified atom stereocenters. The maximum atomic E-state index is 4.26. The summed E-state index contributed by atoms with van der Waals surface area (Å²) in [5.41, 5.74) is 1.19. The van der Waals surface area contributed by atoms with Crippen molar-refractivity contribution in [3.63, 3.8) is 0 Å². The zero-order chi connectivity index (χ0) is 14.1. The maximum Gasteiger partial charge on any atom is 0.191 e. The maximum absolute atomic E-state index is 4.26. The van der Waals surface area contributed by atoms with Crippen molar-refractivity contribution >= 4 is 29.9 Å². The molecule has 0 aliphatic heterocycles. The quantitative estimate of drug-likeness (QED) is 0.425. The molecule has 1 aromatic heterocycles. The molecule has 0 atom stereocenters. The first-order chi connectivity index (χ1) is 9.19. The van der Waals surface area contributed by atoms with Gasteiger partial charge in [-0.25, -0.2) is 0 Å². The average molecular weight is 393 g/mol. The summed E-state index contributed by atoms with van der Waals surface area (Å²) in [4.78, 5) is 4.23. The van der Waals surface area contributed by atoms with Crippen LogP contribution in [0.5, 0.6) is 0 Å². The van der Waals surface area contributed by atoms with Gasteiger partial charge in [0.2, 0.25) is 0 Å². The molecule has 116 valence electrons. The second-order valence-corrected chi connectivity index (χ2v) is 4.84. The van der Waals surface area contributed by atoms with E-state index in [0.717, 1.165) is 25.6 Å². The molecule has 0 aromatic carbocycles. The van der Waals surface area contributed by atoms with Gasteiger partial charge in [0.05, 0.1) is 12.7 Å². The minimum absolute atomic E-state index is 0. The number of halogens is 1. The number of hydrogen-bond donors (Lipinski definition) is 2. The third-order valence-electron chi connectivity index (χ3n) is 3.33. The molecule has 2 N–H and O–H groups in total. The van der Waals surface area contributed by atoms with Crippen molar-refractivity contribution in [3.8, 4) is 0 Å². The van der Waals surface area contributed by atoms with E-state index in [2.05, 4.69) is 34.6 Å². The Morgan fingerprint density at radius 2 is 2.05 bits per heavy atom. The normalized spacial score (nSPS) is 11.3. The Labute approximate surface area is 139 Å². The van der Waals surface area contributed by atoms with E-state index in [1.807, 2.05) is 24.0 Å². The topological polar surface area (TPSA) is 54.2 Å². The van der Waals surface area contributed by atoms with E-state index in [-0.39, 0.29) is 24.0 Å². The average Bonchev–Trinajstić information content (AvgIpc) is 2.83. The van der Waals surface area contributed by atoms with Crippen molar-refractivity contribution in [3.05, 3.63) is 18.0 Å².